The van der Waals surface area contributed by atoms with E-state index in [9.17, 15) is 4.79 Å². The van der Waals surface area contributed by atoms with Gasteiger partial charge in [-0.25, -0.2) is 4.79 Å². The van der Waals surface area contributed by atoms with Gasteiger partial charge in [0.25, 0.3) is 0 Å². The molecule has 0 spiro atoms. The Labute approximate surface area is 199 Å². The normalized spacial score (nSPS) is 15.3. The number of hydrogen-bond acceptors (Lipinski definition) is 7. The third-order valence-electron chi connectivity index (χ3n) is 5.88. The molecule has 9 heteroatoms. The molecule has 2 amide bonds. The lowest BCUT2D eigenvalue weighted by Crippen LogP contribution is -2.31. The number of urea groups is 1. The molecule has 1 aliphatic rings. The zero-order valence-electron chi connectivity index (χ0n) is 19.9. The first-order valence-corrected chi connectivity index (χ1v) is 11.1. The molecule has 1 fully saturated rings. The molecular formula is C25H30N6O3. The lowest BCUT2D eigenvalue weighted by atomic mass is 10.2. The van der Waals surface area contributed by atoms with E-state index in [1.165, 1.54) is 19.9 Å². The SMILES string of the molecule is COc1cc(OC)nc(-c2ccc(NC(=O)Nc3ccc(N4CCC(N(C)C)C4)cc3)cc2)n1. The van der Waals surface area contributed by atoms with Crippen LogP contribution < -0.4 is 25.0 Å². The maximum absolute atomic E-state index is 12.5. The molecule has 2 aromatic carbocycles. The van der Waals surface area contributed by atoms with Crippen molar-refractivity contribution in [1.29, 1.82) is 0 Å². The predicted molar refractivity (Wildman–Crippen MR) is 134 cm³/mol. The van der Waals surface area contributed by atoms with Crippen molar-refractivity contribution in [2.45, 2.75) is 12.5 Å². The van der Waals surface area contributed by atoms with Crippen LogP contribution >= 0.6 is 0 Å². The van der Waals surface area contributed by atoms with Gasteiger partial charge in [0.05, 0.1) is 20.3 Å². The Bertz CT molecular complexity index is 1100. The van der Waals surface area contributed by atoms with E-state index in [0.29, 0.717) is 29.3 Å². The number of carbonyl (C=O) groups is 1. The van der Waals surface area contributed by atoms with Crippen molar-refractivity contribution < 1.29 is 14.3 Å². The van der Waals surface area contributed by atoms with Crippen LogP contribution in [0.5, 0.6) is 11.8 Å². The van der Waals surface area contributed by atoms with Gasteiger partial charge in [-0.15, -0.1) is 0 Å². The summed E-state index contributed by atoms with van der Waals surface area (Å²) < 4.78 is 10.4. The molecule has 1 atom stereocenters. The summed E-state index contributed by atoms with van der Waals surface area (Å²) >= 11 is 0. The van der Waals surface area contributed by atoms with Crippen LogP contribution in [0.3, 0.4) is 0 Å². The van der Waals surface area contributed by atoms with Gasteiger partial charge in [0.15, 0.2) is 5.82 Å². The zero-order valence-corrected chi connectivity index (χ0v) is 19.9. The quantitative estimate of drug-likeness (QED) is 0.549. The largest absolute Gasteiger partial charge is 0.481 e. The summed E-state index contributed by atoms with van der Waals surface area (Å²) in [7, 11) is 7.32. The molecule has 4 rings (SSSR count). The second kappa shape index (κ2) is 10.4. The van der Waals surface area contributed by atoms with Crippen molar-refractivity contribution in [3.63, 3.8) is 0 Å². The smallest absolute Gasteiger partial charge is 0.323 e. The molecule has 2 N–H and O–H groups in total. The number of benzene rings is 2. The number of hydrogen-bond donors (Lipinski definition) is 2. The van der Waals surface area contributed by atoms with Crippen molar-refractivity contribution in [1.82, 2.24) is 14.9 Å². The summed E-state index contributed by atoms with van der Waals surface area (Å²) in [6.45, 7) is 2.06. The Morgan fingerprint density at radius 3 is 2.00 bits per heavy atom. The Morgan fingerprint density at radius 1 is 0.941 bits per heavy atom. The molecule has 178 valence electrons. The van der Waals surface area contributed by atoms with Gasteiger partial charge in [0, 0.05) is 41.8 Å². The highest BCUT2D eigenvalue weighted by Crippen LogP contribution is 2.25. The molecule has 0 aliphatic carbocycles. The van der Waals surface area contributed by atoms with Crippen LogP contribution in [0.4, 0.5) is 21.9 Å². The van der Waals surface area contributed by atoms with E-state index in [4.69, 9.17) is 9.47 Å². The zero-order chi connectivity index (χ0) is 24.1. The molecule has 3 aromatic rings. The number of carbonyl (C=O) groups excluding carboxylic acids is 1. The first kappa shape index (κ1) is 23.3. The molecule has 1 aliphatic heterocycles. The Hall–Kier alpha value is -3.85. The van der Waals surface area contributed by atoms with E-state index in [2.05, 4.69) is 44.5 Å². The maximum Gasteiger partial charge on any atom is 0.323 e. The molecule has 0 saturated carbocycles. The highest BCUT2D eigenvalue weighted by atomic mass is 16.5. The van der Waals surface area contributed by atoms with Crippen LogP contribution in [0.15, 0.2) is 54.6 Å². The number of nitrogens with zero attached hydrogens (tertiary/aromatic N) is 4. The molecule has 1 aromatic heterocycles. The third kappa shape index (κ3) is 5.55. The Balaban J connectivity index is 1.35. The maximum atomic E-state index is 12.5. The summed E-state index contributed by atoms with van der Waals surface area (Å²) in [5, 5.41) is 5.72. The lowest BCUT2D eigenvalue weighted by molar-refractivity contribution is 0.262. The van der Waals surface area contributed by atoms with Crippen molar-refractivity contribution in [3.05, 3.63) is 54.6 Å². The van der Waals surface area contributed by atoms with Crippen molar-refractivity contribution in [2.75, 3.05) is 56.9 Å². The summed E-state index contributed by atoms with van der Waals surface area (Å²) in [4.78, 5) is 25.8. The minimum Gasteiger partial charge on any atom is -0.481 e. The topological polar surface area (TPSA) is 91.8 Å². The van der Waals surface area contributed by atoms with E-state index in [0.717, 1.165) is 30.8 Å². The minimum absolute atomic E-state index is 0.311. The highest BCUT2D eigenvalue weighted by Gasteiger charge is 2.24. The van der Waals surface area contributed by atoms with Gasteiger partial charge in [-0.05, 0) is 69.0 Å². The minimum atomic E-state index is -0.311. The first-order valence-electron chi connectivity index (χ1n) is 11.1. The van der Waals surface area contributed by atoms with Gasteiger partial charge >= 0.3 is 6.03 Å². The first-order chi connectivity index (χ1) is 16.4. The average molecular weight is 463 g/mol. The number of aromatic nitrogens is 2. The predicted octanol–water partition coefficient (Wildman–Crippen LogP) is 3.95. The van der Waals surface area contributed by atoms with Crippen molar-refractivity contribution in [3.8, 4) is 23.1 Å². The van der Waals surface area contributed by atoms with Gasteiger partial charge < -0.3 is 29.9 Å². The molecular weight excluding hydrogens is 432 g/mol. The van der Waals surface area contributed by atoms with E-state index in [1.54, 1.807) is 18.2 Å². The molecule has 1 saturated heterocycles. The van der Waals surface area contributed by atoms with Crippen molar-refractivity contribution >= 4 is 23.1 Å². The summed E-state index contributed by atoms with van der Waals surface area (Å²) in [5.41, 5.74) is 3.33. The van der Waals surface area contributed by atoms with Crippen LogP contribution in [-0.4, -0.2) is 68.3 Å². The highest BCUT2D eigenvalue weighted by molar-refractivity contribution is 5.99. The van der Waals surface area contributed by atoms with E-state index < -0.39 is 0 Å². The third-order valence-corrected chi connectivity index (χ3v) is 5.88. The number of anilines is 3. The van der Waals surface area contributed by atoms with Gasteiger partial charge in [0.1, 0.15) is 0 Å². The second-order valence-electron chi connectivity index (χ2n) is 8.33. The Morgan fingerprint density at radius 2 is 1.50 bits per heavy atom. The fraction of sp³-hybridized carbons (Fsp3) is 0.320. The number of ether oxygens (including phenoxy) is 2. The van der Waals surface area contributed by atoms with E-state index in [-0.39, 0.29) is 6.03 Å². The van der Waals surface area contributed by atoms with Gasteiger partial charge in [-0.3, -0.25) is 0 Å². The fourth-order valence-corrected chi connectivity index (χ4v) is 3.89. The average Bonchev–Trinajstić information content (AvgIpc) is 3.35. The van der Waals surface area contributed by atoms with Gasteiger partial charge in [-0.2, -0.15) is 9.97 Å². The molecule has 2 heterocycles. The number of amides is 2. The number of likely N-dealkylation sites (N-methyl/N-ethyl adjacent to an activating group) is 1. The molecule has 34 heavy (non-hydrogen) atoms. The van der Waals surface area contributed by atoms with Crippen LogP contribution in [0.2, 0.25) is 0 Å². The van der Waals surface area contributed by atoms with Gasteiger partial charge in [0.2, 0.25) is 11.8 Å². The summed E-state index contributed by atoms with van der Waals surface area (Å²) in [6.07, 6.45) is 1.16. The van der Waals surface area contributed by atoms with E-state index in [1.807, 2.05) is 36.4 Å². The fourth-order valence-electron chi connectivity index (χ4n) is 3.89. The lowest BCUT2D eigenvalue weighted by Gasteiger charge is -2.22. The van der Waals surface area contributed by atoms with Gasteiger partial charge in [-0.1, -0.05) is 0 Å². The van der Waals surface area contributed by atoms with Crippen LogP contribution in [0, 0.1) is 0 Å². The number of nitrogens with one attached hydrogen (secondary N) is 2. The van der Waals surface area contributed by atoms with E-state index >= 15 is 0 Å². The molecule has 0 radical (unpaired) electrons. The second-order valence-corrected chi connectivity index (χ2v) is 8.33. The molecule has 0 bridgehead atoms. The van der Waals surface area contributed by atoms with Crippen molar-refractivity contribution in [2.24, 2.45) is 0 Å². The molecule has 1 unspecified atom stereocenters. The number of methoxy groups -OCH3 is 2. The molecule has 9 nitrogen and oxygen atoms in total. The summed E-state index contributed by atoms with van der Waals surface area (Å²) in [6, 6.07) is 17.1. The van der Waals surface area contributed by atoms with Crippen LogP contribution in [0.1, 0.15) is 6.42 Å². The number of rotatable bonds is 7. The van der Waals surface area contributed by atoms with Crippen LogP contribution in [-0.2, 0) is 0 Å². The summed E-state index contributed by atoms with van der Waals surface area (Å²) in [5.74, 6) is 1.30. The Kier molecular flexibility index (Phi) is 7.12. The standard InChI is InChI=1S/C25H30N6O3/c1-30(2)21-13-14-31(16-21)20-11-9-19(10-12-20)27-25(32)26-18-7-5-17(6-8-18)24-28-22(33-3)15-23(29-24)34-4/h5-12,15,21H,13-14,16H2,1-4H3,(H2,26,27,32). The monoisotopic (exact) mass is 462 g/mol. The van der Waals surface area contributed by atoms with Crippen LogP contribution in [0.25, 0.3) is 11.4 Å².